The van der Waals surface area contributed by atoms with Gasteiger partial charge in [-0.15, -0.1) is 19.8 Å². The summed E-state index contributed by atoms with van der Waals surface area (Å²) in [7, 11) is 0.750. The van der Waals surface area contributed by atoms with Gasteiger partial charge in [0, 0.05) is 9.52 Å². The number of hydrogen-bond acceptors (Lipinski definition) is 0. The molecule has 0 aliphatic heterocycles. The molecule has 0 spiro atoms. The summed E-state index contributed by atoms with van der Waals surface area (Å²) in [4.78, 5) is 0. The van der Waals surface area contributed by atoms with E-state index in [1.54, 1.807) is 0 Å². The van der Waals surface area contributed by atoms with E-state index in [1.807, 2.05) is 0 Å². The zero-order valence-electron chi connectivity index (χ0n) is 21.0. The maximum Gasteiger partial charge on any atom is 2.00 e. The van der Waals surface area contributed by atoms with Crippen LogP contribution < -0.4 is 24.8 Å². The minimum Gasteiger partial charge on any atom is -1.00 e. The monoisotopic (exact) mass is 554 g/mol. The molecule has 0 nitrogen and oxygen atoms in total. The Kier molecular flexibility index (Phi) is 30.7. The maximum atomic E-state index is 3.36. The number of allylic oxidation sites excluding steroid dienone is 12. The van der Waals surface area contributed by atoms with Gasteiger partial charge in [-0.1, -0.05) is 79.3 Å². The molecule has 1 unspecified atom stereocenters. The van der Waals surface area contributed by atoms with Crippen molar-refractivity contribution in [2.24, 2.45) is 5.92 Å². The van der Waals surface area contributed by atoms with Crippen LogP contribution in [0.1, 0.15) is 80.1 Å². The summed E-state index contributed by atoms with van der Waals surface area (Å²) in [5.41, 5.74) is 7.04. The van der Waals surface area contributed by atoms with E-state index in [0.29, 0.717) is 5.92 Å². The standard InChI is InChI=1S/C9H13.2C8H11.C2H7Si.2ClH.Zr/c1-6-5-7(2)9(4)8(6)3;2*1-2-5-8-6-3-4-7-8;1-3-2;;;/h6H,1-4H3;2*3,6H,2,4-5H2,1H3;3H,1-2H3;2*1H;/q3*-1;;;;+2/p-2. The number of halogens is 2. The van der Waals surface area contributed by atoms with E-state index in [-0.39, 0.29) is 51.0 Å². The first-order valence-corrected chi connectivity index (χ1v) is 13.3. The van der Waals surface area contributed by atoms with Crippen LogP contribution in [0.2, 0.25) is 13.1 Å². The van der Waals surface area contributed by atoms with Crippen molar-refractivity contribution in [1.29, 1.82) is 0 Å². The molecule has 3 aliphatic carbocycles. The molecule has 0 N–H and O–H groups in total. The molecule has 3 aliphatic rings. The number of rotatable bonds is 4. The van der Waals surface area contributed by atoms with E-state index in [0.717, 1.165) is 22.4 Å². The zero-order valence-corrected chi connectivity index (χ0v) is 26.1. The molecular formula is C27H42Cl2SiZr-3. The van der Waals surface area contributed by atoms with Crippen molar-refractivity contribution in [3.05, 3.63) is 70.4 Å². The van der Waals surface area contributed by atoms with Crippen LogP contribution in [0.25, 0.3) is 0 Å². The predicted octanol–water partition coefficient (Wildman–Crippen LogP) is 2.20. The molecule has 0 aromatic carbocycles. The topological polar surface area (TPSA) is 0 Å². The molecule has 0 saturated heterocycles. The quantitative estimate of drug-likeness (QED) is 0.368. The third-order valence-corrected chi connectivity index (χ3v) is 4.81. The summed E-state index contributed by atoms with van der Waals surface area (Å²) in [6, 6.07) is 0. The van der Waals surface area contributed by atoms with E-state index < -0.39 is 0 Å². The van der Waals surface area contributed by atoms with Gasteiger partial charge in [-0.3, -0.25) is 18.2 Å². The average Bonchev–Trinajstić information content (AvgIpc) is 3.40. The first kappa shape index (κ1) is 38.4. The third kappa shape index (κ3) is 18.3. The van der Waals surface area contributed by atoms with Crippen molar-refractivity contribution in [3.8, 4) is 0 Å². The van der Waals surface area contributed by atoms with Crippen LogP contribution in [-0.2, 0) is 26.2 Å². The molecule has 0 aromatic heterocycles. The Morgan fingerprint density at radius 3 is 1.42 bits per heavy atom. The molecule has 0 amide bonds. The minimum atomic E-state index is 0. The Hall–Kier alpha value is 0.120. The fourth-order valence-corrected chi connectivity index (χ4v) is 2.94. The van der Waals surface area contributed by atoms with Gasteiger partial charge in [0.15, 0.2) is 0 Å². The Morgan fingerprint density at radius 1 is 0.871 bits per heavy atom. The van der Waals surface area contributed by atoms with Crippen LogP contribution in [0, 0.1) is 24.1 Å². The SMILES string of the molecule is CC1=[C-]C(C)C(C)=C1C.CCCC1=[C-]CC=C1.CCCC1=[C-]CC=C1.C[SiH]C.[Cl-].[Cl-].[Zr+2]. The molecule has 31 heavy (non-hydrogen) atoms. The molecule has 0 aromatic rings. The smallest absolute Gasteiger partial charge is 1.00 e. The minimum absolute atomic E-state index is 0. The Morgan fingerprint density at radius 2 is 1.26 bits per heavy atom. The zero-order chi connectivity index (χ0) is 21.4. The maximum absolute atomic E-state index is 3.36. The fourth-order valence-electron chi connectivity index (χ4n) is 2.94. The molecule has 0 saturated carbocycles. The summed E-state index contributed by atoms with van der Waals surface area (Å²) in [5, 5.41) is 0. The first-order chi connectivity index (χ1) is 13.4. The summed E-state index contributed by atoms with van der Waals surface area (Å²) in [6.07, 6.45) is 25.5. The van der Waals surface area contributed by atoms with E-state index in [2.05, 4.69) is 97.2 Å². The summed E-state index contributed by atoms with van der Waals surface area (Å²) in [6.45, 7) is 17.5. The van der Waals surface area contributed by atoms with Gasteiger partial charge in [-0.25, -0.2) is 28.9 Å². The van der Waals surface area contributed by atoms with Crippen molar-refractivity contribution in [1.82, 2.24) is 0 Å². The van der Waals surface area contributed by atoms with Crippen molar-refractivity contribution in [3.63, 3.8) is 0 Å². The van der Waals surface area contributed by atoms with Crippen molar-refractivity contribution >= 4 is 9.52 Å². The molecular weight excluding hydrogens is 515 g/mol. The first-order valence-electron chi connectivity index (χ1n) is 10.9. The van der Waals surface area contributed by atoms with Gasteiger partial charge in [0.05, 0.1) is 0 Å². The molecule has 175 valence electrons. The van der Waals surface area contributed by atoms with Gasteiger partial charge in [0.2, 0.25) is 0 Å². The summed E-state index contributed by atoms with van der Waals surface area (Å²) < 4.78 is 0. The van der Waals surface area contributed by atoms with E-state index >= 15 is 0 Å². The summed E-state index contributed by atoms with van der Waals surface area (Å²) >= 11 is 0. The van der Waals surface area contributed by atoms with Crippen LogP contribution in [0.4, 0.5) is 0 Å². The van der Waals surface area contributed by atoms with Crippen molar-refractivity contribution in [2.45, 2.75) is 93.2 Å². The summed E-state index contributed by atoms with van der Waals surface area (Å²) in [5.74, 6) is 0.560. The Balaban J connectivity index is -0.000000159. The van der Waals surface area contributed by atoms with Gasteiger partial charge in [0.1, 0.15) is 0 Å². The Labute approximate surface area is 228 Å². The van der Waals surface area contributed by atoms with Gasteiger partial charge in [-0.05, 0) is 0 Å². The van der Waals surface area contributed by atoms with Crippen molar-refractivity contribution in [2.75, 3.05) is 0 Å². The van der Waals surface area contributed by atoms with Crippen LogP contribution >= 0.6 is 0 Å². The Bertz CT molecular complexity index is 593. The van der Waals surface area contributed by atoms with Crippen LogP contribution in [0.3, 0.4) is 0 Å². The fraction of sp³-hybridized carbons (Fsp3) is 0.556. The van der Waals surface area contributed by atoms with Gasteiger partial charge < -0.3 is 24.8 Å². The van der Waals surface area contributed by atoms with Gasteiger partial charge >= 0.3 is 26.2 Å². The van der Waals surface area contributed by atoms with Gasteiger partial charge in [0.25, 0.3) is 0 Å². The molecule has 1 atom stereocenters. The predicted molar refractivity (Wildman–Crippen MR) is 130 cm³/mol. The van der Waals surface area contributed by atoms with E-state index in [4.69, 9.17) is 0 Å². The van der Waals surface area contributed by atoms with E-state index in [9.17, 15) is 0 Å². The third-order valence-electron chi connectivity index (χ3n) is 4.81. The molecule has 4 heteroatoms. The van der Waals surface area contributed by atoms with Crippen LogP contribution in [0.15, 0.2) is 52.2 Å². The van der Waals surface area contributed by atoms with Crippen molar-refractivity contribution < 1.29 is 51.0 Å². The van der Waals surface area contributed by atoms with Gasteiger partial charge in [-0.2, -0.15) is 23.3 Å². The molecule has 0 fully saturated rings. The second kappa shape index (κ2) is 24.8. The largest absolute Gasteiger partial charge is 2.00 e. The molecule has 0 bridgehead atoms. The number of hydrogen-bond donors (Lipinski definition) is 0. The average molecular weight is 557 g/mol. The second-order valence-electron chi connectivity index (χ2n) is 7.49. The van der Waals surface area contributed by atoms with E-state index in [1.165, 1.54) is 53.5 Å². The normalized spacial score (nSPS) is 17.2. The second-order valence-corrected chi connectivity index (χ2v) is 8.65. The van der Waals surface area contributed by atoms with Crippen LogP contribution in [0.5, 0.6) is 0 Å². The molecule has 0 heterocycles. The van der Waals surface area contributed by atoms with Crippen LogP contribution in [-0.4, -0.2) is 9.52 Å². The molecule has 1 radical (unpaired) electrons. The molecule has 3 rings (SSSR count).